The SMILES string of the molecule is NS(=O)(=O)c1ccc(CNC(=O)C[C@H]2Sc3ccc(C(F)(F)F)cc3NC2=O)cc1. The number of nitrogens with one attached hydrogen (secondary N) is 2. The molecule has 1 atom stereocenters. The van der Waals surface area contributed by atoms with Gasteiger partial charge in [-0.15, -0.1) is 11.8 Å². The molecule has 2 aromatic carbocycles. The molecule has 0 aliphatic carbocycles. The Balaban J connectivity index is 1.59. The molecule has 7 nitrogen and oxygen atoms in total. The first-order chi connectivity index (χ1) is 13.9. The van der Waals surface area contributed by atoms with Gasteiger partial charge in [-0.3, -0.25) is 9.59 Å². The second-order valence-electron chi connectivity index (χ2n) is 6.47. The number of rotatable bonds is 5. The largest absolute Gasteiger partial charge is 0.416 e. The molecule has 0 bridgehead atoms. The number of carbonyl (C=O) groups is 2. The number of anilines is 1. The van der Waals surface area contributed by atoms with E-state index in [4.69, 9.17) is 5.14 Å². The van der Waals surface area contributed by atoms with Gasteiger partial charge in [-0.25, -0.2) is 13.6 Å². The Bertz CT molecular complexity index is 1090. The average Bonchev–Trinajstić information content (AvgIpc) is 2.65. The molecule has 0 saturated heterocycles. The number of nitrogens with two attached hydrogens (primary N) is 1. The van der Waals surface area contributed by atoms with Gasteiger partial charge in [-0.05, 0) is 35.9 Å². The fourth-order valence-corrected chi connectivity index (χ4v) is 4.31. The van der Waals surface area contributed by atoms with Crippen LogP contribution in [0, 0.1) is 0 Å². The number of thioether (sulfide) groups is 1. The summed E-state index contributed by atoms with van der Waals surface area (Å²) >= 11 is 1.02. The monoisotopic (exact) mass is 459 g/mol. The predicted molar refractivity (Wildman–Crippen MR) is 104 cm³/mol. The van der Waals surface area contributed by atoms with Gasteiger partial charge in [0.15, 0.2) is 0 Å². The van der Waals surface area contributed by atoms with Crippen LogP contribution in [0.5, 0.6) is 0 Å². The van der Waals surface area contributed by atoms with Gasteiger partial charge in [-0.2, -0.15) is 13.2 Å². The molecule has 2 aromatic rings. The van der Waals surface area contributed by atoms with Gasteiger partial charge >= 0.3 is 6.18 Å². The minimum atomic E-state index is -4.52. The number of fused-ring (bicyclic) bond motifs is 1. The van der Waals surface area contributed by atoms with Crippen molar-refractivity contribution in [3.8, 4) is 0 Å². The summed E-state index contributed by atoms with van der Waals surface area (Å²) in [4.78, 5) is 24.8. The van der Waals surface area contributed by atoms with Gasteiger partial charge in [0, 0.05) is 17.9 Å². The molecule has 4 N–H and O–H groups in total. The van der Waals surface area contributed by atoms with Crippen LogP contribution >= 0.6 is 11.8 Å². The first-order valence-electron chi connectivity index (χ1n) is 8.51. The average molecular weight is 459 g/mol. The van der Waals surface area contributed by atoms with Crippen LogP contribution in [-0.2, 0) is 32.3 Å². The Morgan fingerprint density at radius 3 is 2.43 bits per heavy atom. The third-order valence-corrected chi connectivity index (χ3v) is 6.44. The zero-order valence-electron chi connectivity index (χ0n) is 15.2. The smallest absolute Gasteiger partial charge is 0.352 e. The fourth-order valence-electron chi connectivity index (χ4n) is 2.70. The maximum absolute atomic E-state index is 12.8. The van der Waals surface area contributed by atoms with Crippen molar-refractivity contribution in [1.82, 2.24) is 5.32 Å². The standard InChI is InChI=1S/C18H16F3N3O4S2/c19-18(20,21)11-3-6-14-13(7-11)24-17(26)15(29-14)8-16(25)23-9-10-1-4-12(5-2-10)30(22,27)28/h1-7,15H,8-9H2,(H,23,25)(H,24,26)(H2,22,27,28)/t15-/m1/s1. The van der Waals surface area contributed by atoms with Crippen molar-refractivity contribution in [2.75, 3.05) is 5.32 Å². The molecule has 1 aliphatic heterocycles. The molecule has 0 unspecified atom stereocenters. The van der Waals surface area contributed by atoms with Crippen molar-refractivity contribution < 1.29 is 31.2 Å². The highest BCUT2D eigenvalue weighted by Gasteiger charge is 2.34. The summed E-state index contributed by atoms with van der Waals surface area (Å²) in [5.41, 5.74) is -0.181. The summed E-state index contributed by atoms with van der Waals surface area (Å²) in [5.74, 6) is -0.993. The number of halogens is 3. The van der Waals surface area contributed by atoms with Gasteiger partial charge in [0.1, 0.15) is 0 Å². The summed E-state index contributed by atoms with van der Waals surface area (Å²) in [5, 5.41) is 9.25. The van der Waals surface area contributed by atoms with Gasteiger partial charge < -0.3 is 10.6 Å². The van der Waals surface area contributed by atoms with Crippen LogP contribution in [0.3, 0.4) is 0 Å². The highest BCUT2D eigenvalue weighted by Crippen LogP contribution is 2.40. The molecule has 160 valence electrons. The second kappa shape index (κ2) is 8.28. The zero-order chi connectivity index (χ0) is 22.1. The maximum Gasteiger partial charge on any atom is 0.416 e. The summed E-state index contributed by atoms with van der Waals surface area (Å²) in [6.45, 7) is 0.105. The summed E-state index contributed by atoms with van der Waals surface area (Å²) in [6.07, 6.45) is -4.69. The Kier molecular flexibility index (Phi) is 6.11. The van der Waals surface area contributed by atoms with Crippen LogP contribution in [-0.4, -0.2) is 25.5 Å². The van der Waals surface area contributed by atoms with Crippen molar-refractivity contribution in [2.24, 2.45) is 5.14 Å². The second-order valence-corrected chi connectivity index (χ2v) is 9.28. The molecule has 1 heterocycles. The Morgan fingerprint density at radius 2 is 1.83 bits per heavy atom. The maximum atomic E-state index is 12.8. The number of alkyl halides is 3. The van der Waals surface area contributed by atoms with Crippen molar-refractivity contribution in [1.29, 1.82) is 0 Å². The van der Waals surface area contributed by atoms with Crippen molar-refractivity contribution in [3.05, 3.63) is 53.6 Å². The van der Waals surface area contributed by atoms with E-state index in [1.54, 1.807) is 0 Å². The molecule has 2 amide bonds. The topological polar surface area (TPSA) is 118 Å². The molecule has 0 saturated carbocycles. The minimum absolute atomic E-state index is 0.0554. The molecular formula is C18H16F3N3O4S2. The molecule has 0 aromatic heterocycles. The fraction of sp³-hybridized carbons (Fsp3) is 0.222. The van der Waals surface area contributed by atoms with Gasteiger partial charge in [0.05, 0.1) is 21.4 Å². The predicted octanol–water partition coefficient (Wildman–Crippen LogP) is 2.47. The van der Waals surface area contributed by atoms with Crippen LogP contribution < -0.4 is 15.8 Å². The van der Waals surface area contributed by atoms with E-state index in [-0.39, 0.29) is 23.5 Å². The Hall–Kier alpha value is -2.57. The first-order valence-corrected chi connectivity index (χ1v) is 10.9. The first kappa shape index (κ1) is 22.1. The minimum Gasteiger partial charge on any atom is -0.352 e. The molecule has 1 aliphatic rings. The number of amides is 2. The van der Waals surface area contributed by atoms with Crippen LogP contribution in [0.25, 0.3) is 0 Å². The molecule has 30 heavy (non-hydrogen) atoms. The lowest BCUT2D eigenvalue weighted by atomic mass is 10.1. The molecule has 0 spiro atoms. The third-order valence-electron chi connectivity index (χ3n) is 4.24. The lowest BCUT2D eigenvalue weighted by Crippen LogP contribution is -2.34. The van der Waals surface area contributed by atoms with Crippen molar-refractivity contribution in [2.45, 2.75) is 34.2 Å². The normalized spacial score (nSPS) is 16.5. The molecule has 3 rings (SSSR count). The van der Waals surface area contributed by atoms with E-state index in [1.807, 2.05) is 0 Å². The Morgan fingerprint density at radius 1 is 1.17 bits per heavy atom. The van der Waals surface area contributed by atoms with Crippen molar-refractivity contribution >= 4 is 39.3 Å². The highest BCUT2D eigenvalue weighted by atomic mass is 32.2. The van der Waals surface area contributed by atoms with Crippen LogP contribution in [0.4, 0.5) is 18.9 Å². The van der Waals surface area contributed by atoms with E-state index in [9.17, 15) is 31.2 Å². The zero-order valence-corrected chi connectivity index (χ0v) is 16.8. The van der Waals surface area contributed by atoms with E-state index >= 15 is 0 Å². The number of hydrogen-bond acceptors (Lipinski definition) is 5. The molecule has 12 heteroatoms. The molecule has 0 fully saturated rings. The van der Waals surface area contributed by atoms with Crippen LogP contribution in [0.1, 0.15) is 17.5 Å². The number of hydrogen-bond donors (Lipinski definition) is 3. The van der Waals surface area contributed by atoms with E-state index in [1.165, 1.54) is 30.3 Å². The summed E-state index contributed by atoms with van der Waals surface area (Å²) < 4.78 is 60.9. The van der Waals surface area contributed by atoms with E-state index in [0.29, 0.717) is 10.5 Å². The lowest BCUT2D eigenvalue weighted by molar-refractivity contribution is -0.137. The molecular weight excluding hydrogens is 443 g/mol. The van der Waals surface area contributed by atoms with Gasteiger partial charge in [0.2, 0.25) is 21.8 Å². The Labute approximate surface area is 174 Å². The number of primary sulfonamides is 1. The van der Waals surface area contributed by atoms with Crippen LogP contribution in [0.15, 0.2) is 52.3 Å². The number of benzene rings is 2. The van der Waals surface area contributed by atoms with E-state index in [0.717, 1.165) is 23.9 Å². The number of sulfonamides is 1. The van der Waals surface area contributed by atoms with Crippen molar-refractivity contribution in [3.63, 3.8) is 0 Å². The molecule has 0 radical (unpaired) electrons. The lowest BCUT2D eigenvalue weighted by Gasteiger charge is -2.24. The van der Waals surface area contributed by atoms with E-state index < -0.39 is 38.8 Å². The van der Waals surface area contributed by atoms with Gasteiger partial charge in [0.25, 0.3) is 0 Å². The van der Waals surface area contributed by atoms with Gasteiger partial charge in [-0.1, -0.05) is 12.1 Å². The highest BCUT2D eigenvalue weighted by molar-refractivity contribution is 8.01. The van der Waals surface area contributed by atoms with E-state index in [2.05, 4.69) is 10.6 Å². The third kappa shape index (κ3) is 5.32. The quantitative estimate of drug-likeness (QED) is 0.635. The van der Waals surface area contributed by atoms with Crippen LogP contribution in [0.2, 0.25) is 0 Å². The summed E-state index contributed by atoms with van der Waals surface area (Å²) in [7, 11) is -3.81. The summed E-state index contributed by atoms with van der Waals surface area (Å²) in [6, 6.07) is 8.67. The number of carbonyl (C=O) groups excluding carboxylic acids is 2.